The highest BCUT2D eigenvalue weighted by Gasteiger charge is 2.25. The van der Waals surface area contributed by atoms with Crippen molar-refractivity contribution < 1.29 is 18.4 Å². The first-order chi connectivity index (χ1) is 18.2. The molecule has 1 aliphatic rings. The second-order valence-corrected chi connectivity index (χ2v) is 10.5. The summed E-state index contributed by atoms with van der Waals surface area (Å²) >= 11 is 0. The van der Waals surface area contributed by atoms with Gasteiger partial charge in [0.2, 0.25) is 0 Å². The molecule has 0 atom stereocenters. The van der Waals surface area contributed by atoms with E-state index in [0.29, 0.717) is 30.4 Å². The van der Waals surface area contributed by atoms with E-state index < -0.39 is 0 Å². The summed E-state index contributed by atoms with van der Waals surface area (Å²) in [6.07, 6.45) is 3.56. The molecule has 38 heavy (non-hydrogen) atoms. The van der Waals surface area contributed by atoms with Crippen LogP contribution in [0.2, 0.25) is 0 Å². The molecule has 1 fully saturated rings. The lowest BCUT2D eigenvalue weighted by Crippen LogP contribution is -2.42. The Kier molecular flexibility index (Phi) is 8.84. The van der Waals surface area contributed by atoms with Crippen molar-refractivity contribution in [2.45, 2.75) is 39.3 Å². The molecule has 1 aliphatic heterocycles. The summed E-state index contributed by atoms with van der Waals surface area (Å²) in [7, 11) is 4.24. The minimum atomic E-state index is -0.376. The van der Waals surface area contributed by atoms with Crippen LogP contribution >= 0.6 is 0 Å². The number of nitrogens with one attached hydrogen (secondary N) is 1. The van der Waals surface area contributed by atoms with Crippen LogP contribution in [0.15, 0.2) is 65.3 Å². The maximum atomic E-state index is 13.5. The normalized spacial score (nSPS) is 14.5. The van der Waals surface area contributed by atoms with Crippen LogP contribution in [0.5, 0.6) is 0 Å². The smallest absolute Gasteiger partial charge is 0.291 e. The van der Waals surface area contributed by atoms with Gasteiger partial charge in [0.1, 0.15) is 5.82 Å². The Morgan fingerprint density at radius 3 is 2.45 bits per heavy atom. The first-order valence-corrected chi connectivity index (χ1v) is 13.1. The predicted octanol–water partition coefficient (Wildman–Crippen LogP) is 5.50. The number of nitrogens with zero attached hydrogens (tertiary/aromatic N) is 3. The number of amides is 2. The molecule has 2 amide bonds. The van der Waals surface area contributed by atoms with Gasteiger partial charge in [-0.1, -0.05) is 13.8 Å². The van der Waals surface area contributed by atoms with Crippen molar-refractivity contribution in [3.63, 3.8) is 0 Å². The number of rotatable bonds is 9. The molecule has 2 heterocycles. The van der Waals surface area contributed by atoms with Gasteiger partial charge < -0.3 is 24.4 Å². The van der Waals surface area contributed by atoms with Crippen LogP contribution in [0.1, 0.15) is 53.2 Å². The highest BCUT2D eigenvalue weighted by molar-refractivity contribution is 6.02. The molecule has 2 aromatic carbocycles. The summed E-state index contributed by atoms with van der Waals surface area (Å²) in [5.74, 6) is -0.405. The van der Waals surface area contributed by atoms with Crippen molar-refractivity contribution in [1.82, 2.24) is 9.80 Å². The Balaban J connectivity index is 1.66. The number of carbonyl (C=O) groups excluding carboxylic acids is 2. The van der Waals surface area contributed by atoms with Gasteiger partial charge in [0.15, 0.2) is 5.76 Å². The maximum Gasteiger partial charge on any atom is 0.291 e. The average Bonchev–Trinajstić information content (AvgIpc) is 3.44. The topological polar surface area (TPSA) is 69.0 Å². The number of anilines is 2. The molecule has 1 aromatic heterocycles. The zero-order chi connectivity index (χ0) is 27.2. The first-order valence-electron chi connectivity index (χ1n) is 13.1. The molecule has 202 valence electrons. The molecule has 1 saturated heterocycles. The van der Waals surface area contributed by atoms with Crippen LogP contribution < -0.4 is 10.2 Å². The van der Waals surface area contributed by atoms with Gasteiger partial charge in [-0.2, -0.15) is 0 Å². The van der Waals surface area contributed by atoms with E-state index in [-0.39, 0.29) is 29.3 Å². The molecule has 3 aromatic rings. The van der Waals surface area contributed by atoms with E-state index in [9.17, 15) is 14.0 Å². The van der Waals surface area contributed by atoms with Gasteiger partial charge in [0, 0.05) is 43.1 Å². The molecule has 0 unspecified atom stereocenters. The Labute approximate surface area is 224 Å². The summed E-state index contributed by atoms with van der Waals surface area (Å²) in [5, 5.41) is 2.91. The first kappa shape index (κ1) is 27.4. The molecule has 7 nitrogen and oxygen atoms in total. The van der Waals surface area contributed by atoms with Gasteiger partial charge >= 0.3 is 0 Å². The zero-order valence-corrected chi connectivity index (χ0v) is 22.6. The molecular formula is C30H37FN4O3. The quantitative estimate of drug-likeness (QED) is 0.404. The molecule has 8 heteroatoms. The maximum absolute atomic E-state index is 13.5. The number of furan rings is 1. The number of carbonyl (C=O) groups is 2. The van der Waals surface area contributed by atoms with Crippen molar-refractivity contribution in [3.05, 3.63) is 83.6 Å². The number of likely N-dealkylation sites (tertiary alicyclic amines) is 1. The average molecular weight is 521 g/mol. The fourth-order valence-electron chi connectivity index (χ4n) is 4.95. The van der Waals surface area contributed by atoms with Crippen molar-refractivity contribution in [2.75, 3.05) is 43.9 Å². The summed E-state index contributed by atoms with van der Waals surface area (Å²) in [6.45, 7) is 7.09. The summed E-state index contributed by atoms with van der Waals surface area (Å²) < 4.78 is 18.8. The lowest BCUT2D eigenvalue weighted by Gasteiger charge is -2.38. The number of halogens is 1. The Bertz CT molecular complexity index is 1220. The lowest BCUT2D eigenvalue weighted by molar-refractivity contribution is 0.0722. The van der Waals surface area contributed by atoms with Crippen molar-refractivity contribution in [2.24, 2.45) is 5.92 Å². The number of piperidine rings is 1. The molecule has 1 N–H and O–H groups in total. The third-order valence-corrected chi connectivity index (χ3v) is 7.02. The van der Waals surface area contributed by atoms with Gasteiger partial charge in [-0.3, -0.25) is 9.59 Å². The molecule has 0 radical (unpaired) electrons. The molecule has 0 spiro atoms. The molecule has 0 bridgehead atoms. The second-order valence-electron chi connectivity index (χ2n) is 10.5. The van der Waals surface area contributed by atoms with Gasteiger partial charge in [-0.05, 0) is 99.1 Å². The second kappa shape index (κ2) is 12.3. The summed E-state index contributed by atoms with van der Waals surface area (Å²) in [6, 6.07) is 15.2. The SMILES string of the molecule is CC(C)CN(Cc1cc(NC(=O)c2ccco2)ccc1N(C)C1CCN(C)CC1)C(=O)c1ccc(F)cc1. The van der Waals surface area contributed by atoms with Crippen LogP contribution in [-0.4, -0.2) is 61.4 Å². The van der Waals surface area contributed by atoms with Crippen molar-refractivity contribution in [1.29, 1.82) is 0 Å². The van der Waals surface area contributed by atoms with Crippen molar-refractivity contribution in [3.8, 4) is 0 Å². The van der Waals surface area contributed by atoms with Crippen LogP contribution in [0.4, 0.5) is 15.8 Å². The van der Waals surface area contributed by atoms with Gasteiger partial charge in [0.05, 0.1) is 6.26 Å². The molecule has 4 rings (SSSR count). The lowest BCUT2D eigenvalue weighted by atomic mass is 10.0. The van der Waals surface area contributed by atoms with Crippen LogP contribution in [-0.2, 0) is 6.54 Å². The Morgan fingerprint density at radius 2 is 1.82 bits per heavy atom. The van der Waals surface area contributed by atoms with Crippen LogP contribution in [0.3, 0.4) is 0 Å². The number of hydrogen-bond donors (Lipinski definition) is 1. The largest absolute Gasteiger partial charge is 0.459 e. The van der Waals surface area contributed by atoms with Gasteiger partial charge in [-0.25, -0.2) is 4.39 Å². The van der Waals surface area contributed by atoms with E-state index in [4.69, 9.17) is 4.42 Å². The fourth-order valence-corrected chi connectivity index (χ4v) is 4.95. The Morgan fingerprint density at radius 1 is 1.11 bits per heavy atom. The summed E-state index contributed by atoms with van der Waals surface area (Å²) in [5.41, 5.74) is 3.02. The van der Waals surface area contributed by atoms with Gasteiger partial charge in [-0.15, -0.1) is 0 Å². The van der Waals surface area contributed by atoms with Crippen molar-refractivity contribution >= 4 is 23.2 Å². The Hall–Kier alpha value is -3.65. The molecule has 0 saturated carbocycles. The van der Waals surface area contributed by atoms with E-state index in [2.05, 4.69) is 43.1 Å². The minimum Gasteiger partial charge on any atom is -0.459 e. The van der Waals surface area contributed by atoms with E-state index in [1.807, 2.05) is 18.2 Å². The van der Waals surface area contributed by atoms with E-state index >= 15 is 0 Å². The van der Waals surface area contributed by atoms with Crippen LogP contribution in [0, 0.1) is 11.7 Å². The highest BCUT2D eigenvalue weighted by atomic mass is 19.1. The standard InChI is InChI=1S/C30H37FN4O3/c1-21(2)19-35(30(37)22-7-9-24(31)10-8-22)20-23-18-25(32-29(36)28-6-5-17-38-28)11-12-27(23)34(4)26-13-15-33(3)16-14-26/h5-12,17-18,21,26H,13-16,19-20H2,1-4H3,(H,32,36). The predicted molar refractivity (Wildman–Crippen MR) is 148 cm³/mol. The monoisotopic (exact) mass is 520 g/mol. The fraction of sp³-hybridized carbons (Fsp3) is 0.400. The minimum absolute atomic E-state index is 0.156. The third kappa shape index (κ3) is 6.81. The molecule has 0 aliphatic carbocycles. The summed E-state index contributed by atoms with van der Waals surface area (Å²) in [4.78, 5) is 32.6. The van der Waals surface area contributed by atoms with Crippen LogP contribution in [0.25, 0.3) is 0 Å². The van der Waals surface area contributed by atoms with E-state index in [1.54, 1.807) is 17.0 Å². The third-order valence-electron chi connectivity index (χ3n) is 7.02. The van der Waals surface area contributed by atoms with E-state index in [1.165, 1.54) is 30.5 Å². The number of hydrogen-bond acceptors (Lipinski definition) is 5. The van der Waals surface area contributed by atoms with E-state index in [0.717, 1.165) is 37.2 Å². The van der Waals surface area contributed by atoms with Gasteiger partial charge in [0.25, 0.3) is 11.8 Å². The molecular weight excluding hydrogens is 483 g/mol. The highest BCUT2D eigenvalue weighted by Crippen LogP contribution is 2.30. The zero-order valence-electron chi connectivity index (χ0n) is 22.6. The number of benzene rings is 2.